The molecule has 2 aliphatic heterocycles. The molecule has 0 aromatic heterocycles. The fourth-order valence-electron chi connectivity index (χ4n) is 6.75. The molecular weight excluding hydrogens is 540 g/mol. The average molecular weight is 583 g/mol. The molecule has 2 fully saturated rings. The Kier molecular flexibility index (Phi) is 8.87. The molecule has 2 saturated heterocycles. The number of esters is 1. The number of hydrogen-bond acceptors (Lipinski definition) is 5. The number of benzene rings is 3. The van der Waals surface area contributed by atoms with Crippen LogP contribution < -0.4 is 0 Å². The molecule has 3 aromatic carbocycles. The highest BCUT2D eigenvalue weighted by molar-refractivity contribution is 5.87. The quantitative estimate of drug-likeness (QED) is 0.223. The topological polar surface area (TPSA) is 73.2 Å². The van der Waals surface area contributed by atoms with Crippen molar-refractivity contribution < 1.29 is 19.1 Å². The number of hydrogen-bond donors (Lipinski definition) is 0. The molecule has 4 atom stereocenters. The number of nitrogens with zero attached hydrogens (tertiary/aromatic N) is 4. The molecule has 0 saturated carbocycles. The van der Waals surface area contributed by atoms with Crippen LogP contribution in [0.1, 0.15) is 37.5 Å². The molecule has 5 rings (SSSR count). The van der Waals surface area contributed by atoms with E-state index in [9.17, 15) is 14.4 Å². The van der Waals surface area contributed by atoms with E-state index in [1.165, 1.54) is 12.0 Å². The van der Waals surface area contributed by atoms with Gasteiger partial charge in [-0.2, -0.15) is 0 Å². The third-order valence-electron chi connectivity index (χ3n) is 8.88. The van der Waals surface area contributed by atoms with Gasteiger partial charge in [0.15, 0.2) is 0 Å². The van der Waals surface area contributed by atoms with E-state index in [1.54, 1.807) is 11.9 Å². The Bertz CT molecular complexity index is 1320. The zero-order valence-electron chi connectivity index (χ0n) is 25.7. The summed E-state index contributed by atoms with van der Waals surface area (Å²) in [6.45, 7) is 7.64. The monoisotopic (exact) mass is 582 g/mol. The number of carbonyl (C=O) groups excluding carboxylic acids is 3. The molecule has 1 unspecified atom stereocenters. The molecule has 0 radical (unpaired) electrons. The lowest BCUT2D eigenvalue weighted by Crippen LogP contribution is -2.60. The summed E-state index contributed by atoms with van der Waals surface area (Å²) >= 11 is 0. The molecule has 43 heavy (non-hydrogen) atoms. The van der Waals surface area contributed by atoms with Crippen LogP contribution in [0.4, 0.5) is 4.79 Å². The second-order valence-corrected chi connectivity index (χ2v) is 11.9. The molecule has 2 heterocycles. The van der Waals surface area contributed by atoms with Crippen LogP contribution in [0, 0.1) is 5.92 Å². The van der Waals surface area contributed by atoms with E-state index < -0.39 is 17.6 Å². The predicted molar refractivity (Wildman–Crippen MR) is 166 cm³/mol. The van der Waals surface area contributed by atoms with Crippen molar-refractivity contribution in [2.45, 2.75) is 44.4 Å². The van der Waals surface area contributed by atoms with Crippen LogP contribution in [0.3, 0.4) is 0 Å². The van der Waals surface area contributed by atoms with E-state index in [0.717, 1.165) is 16.7 Å². The normalized spacial score (nSPS) is 20.8. The maximum Gasteiger partial charge on any atom is 0.328 e. The lowest BCUT2D eigenvalue weighted by molar-refractivity contribution is -0.147. The summed E-state index contributed by atoms with van der Waals surface area (Å²) in [5.74, 6) is -0.448. The van der Waals surface area contributed by atoms with E-state index in [1.807, 2.05) is 43.9 Å². The fourth-order valence-corrected chi connectivity index (χ4v) is 6.75. The van der Waals surface area contributed by atoms with Gasteiger partial charge in [0, 0.05) is 39.3 Å². The summed E-state index contributed by atoms with van der Waals surface area (Å²) in [6.07, 6.45) is 0. The number of methoxy groups -OCH3 is 1. The van der Waals surface area contributed by atoms with Crippen LogP contribution in [0.25, 0.3) is 0 Å². The van der Waals surface area contributed by atoms with Crippen LogP contribution in [0.2, 0.25) is 0 Å². The van der Waals surface area contributed by atoms with Gasteiger partial charge >= 0.3 is 12.0 Å². The zero-order valence-corrected chi connectivity index (χ0v) is 25.7. The predicted octanol–water partition coefficient (Wildman–Crippen LogP) is 4.44. The van der Waals surface area contributed by atoms with Crippen LogP contribution >= 0.6 is 0 Å². The largest absolute Gasteiger partial charge is 0.467 e. The minimum Gasteiger partial charge on any atom is -0.467 e. The van der Waals surface area contributed by atoms with Gasteiger partial charge in [-0.05, 0) is 29.5 Å². The molecule has 3 aromatic rings. The molecule has 8 heteroatoms. The van der Waals surface area contributed by atoms with Crippen molar-refractivity contribution in [3.8, 4) is 0 Å². The highest BCUT2D eigenvalue weighted by Gasteiger charge is 2.57. The highest BCUT2D eigenvalue weighted by atomic mass is 16.5. The zero-order chi connectivity index (χ0) is 30.7. The van der Waals surface area contributed by atoms with Gasteiger partial charge in [0.2, 0.25) is 5.91 Å². The SMILES string of the molecule is COC(=O)[C@H](C(C)C)N(C)C(=O)N1CCN(C(=O)[C@@H]2CN2C(c2ccccc2)(c2ccccc2)c2ccccc2)[C@@H](C)C1. The van der Waals surface area contributed by atoms with E-state index >= 15 is 0 Å². The van der Waals surface area contributed by atoms with Crippen molar-refractivity contribution in [1.29, 1.82) is 0 Å². The summed E-state index contributed by atoms with van der Waals surface area (Å²) in [5.41, 5.74) is 2.70. The Labute approximate surface area is 254 Å². The molecule has 2 aliphatic rings. The number of piperazine rings is 1. The first-order chi connectivity index (χ1) is 20.7. The smallest absolute Gasteiger partial charge is 0.328 e. The third-order valence-corrected chi connectivity index (χ3v) is 8.88. The van der Waals surface area contributed by atoms with Crippen molar-refractivity contribution in [3.05, 3.63) is 108 Å². The Morgan fingerprint density at radius 2 is 1.30 bits per heavy atom. The minimum absolute atomic E-state index is 0.0785. The van der Waals surface area contributed by atoms with Crippen molar-refractivity contribution in [2.24, 2.45) is 5.92 Å². The average Bonchev–Trinajstić information content (AvgIpc) is 3.83. The Morgan fingerprint density at radius 1 is 0.814 bits per heavy atom. The molecule has 0 spiro atoms. The standard InChI is InChI=1S/C35H42N4O4/c1-25(2)31(33(41)43-5)36(4)34(42)37-21-22-38(26(3)23-37)32(40)30-24-39(30)35(27-15-9-6-10-16-27,28-17-11-7-12-18-28)29-19-13-8-14-20-29/h6-20,25-26,30-31H,21-24H2,1-5H3/t26-,30-,31-,39?/m0/s1. The number of rotatable bonds is 8. The first-order valence-electron chi connectivity index (χ1n) is 15.0. The molecule has 0 N–H and O–H groups in total. The van der Waals surface area contributed by atoms with Gasteiger partial charge < -0.3 is 19.4 Å². The third kappa shape index (κ3) is 5.64. The minimum atomic E-state index is -0.672. The van der Waals surface area contributed by atoms with Crippen molar-refractivity contribution in [2.75, 3.05) is 40.3 Å². The molecule has 3 amide bonds. The van der Waals surface area contributed by atoms with Gasteiger partial charge in [-0.3, -0.25) is 9.69 Å². The number of carbonyl (C=O) groups is 3. The van der Waals surface area contributed by atoms with Crippen LogP contribution in [-0.2, 0) is 19.9 Å². The van der Waals surface area contributed by atoms with Crippen molar-refractivity contribution in [3.63, 3.8) is 0 Å². The van der Waals surface area contributed by atoms with Gasteiger partial charge in [0.25, 0.3) is 0 Å². The second kappa shape index (κ2) is 12.6. The molecule has 0 bridgehead atoms. The molecular formula is C35H42N4O4. The summed E-state index contributed by atoms with van der Waals surface area (Å²) in [4.78, 5) is 47.4. The Balaban J connectivity index is 1.38. The van der Waals surface area contributed by atoms with E-state index in [2.05, 4.69) is 77.7 Å². The van der Waals surface area contributed by atoms with Crippen LogP contribution in [0.5, 0.6) is 0 Å². The maximum atomic E-state index is 14.2. The molecule has 226 valence electrons. The van der Waals surface area contributed by atoms with Gasteiger partial charge in [-0.25, -0.2) is 9.59 Å². The van der Waals surface area contributed by atoms with E-state index in [4.69, 9.17) is 4.74 Å². The number of likely N-dealkylation sites (N-methyl/N-ethyl adjacent to an activating group) is 1. The summed E-state index contributed by atoms with van der Waals surface area (Å²) in [7, 11) is 2.98. The van der Waals surface area contributed by atoms with Crippen LogP contribution in [0.15, 0.2) is 91.0 Å². The van der Waals surface area contributed by atoms with Gasteiger partial charge in [0.05, 0.1) is 12.6 Å². The first-order valence-corrected chi connectivity index (χ1v) is 15.0. The lowest BCUT2D eigenvalue weighted by atomic mass is 9.76. The summed E-state index contributed by atoms with van der Waals surface area (Å²) in [6, 6.07) is 29.8. The first kappa shape index (κ1) is 30.3. The lowest BCUT2D eigenvalue weighted by Gasteiger charge is -2.43. The van der Waals surface area contributed by atoms with Gasteiger partial charge in [0.1, 0.15) is 12.1 Å². The number of ether oxygens (including phenoxy) is 1. The Morgan fingerprint density at radius 3 is 1.72 bits per heavy atom. The molecule has 0 aliphatic carbocycles. The van der Waals surface area contributed by atoms with Crippen LogP contribution in [-0.4, -0.2) is 96.0 Å². The number of amides is 3. The highest BCUT2D eigenvalue weighted by Crippen LogP contribution is 2.48. The number of urea groups is 1. The van der Waals surface area contributed by atoms with E-state index in [-0.39, 0.29) is 29.9 Å². The molecule has 8 nitrogen and oxygen atoms in total. The van der Waals surface area contributed by atoms with E-state index in [0.29, 0.717) is 26.2 Å². The summed E-state index contributed by atoms with van der Waals surface area (Å²) < 4.78 is 4.96. The fraction of sp³-hybridized carbons (Fsp3) is 0.400. The van der Waals surface area contributed by atoms with Gasteiger partial charge in [-0.15, -0.1) is 0 Å². The summed E-state index contributed by atoms with van der Waals surface area (Å²) in [5, 5.41) is 0. The van der Waals surface area contributed by atoms with Crippen molar-refractivity contribution in [1.82, 2.24) is 19.6 Å². The Hall–Kier alpha value is -4.17. The van der Waals surface area contributed by atoms with Crippen molar-refractivity contribution >= 4 is 17.9 Å². The second-order valence-electron chi connectivity index (χ2n) is 11.9. The maximum absolute atomic E-state index is 14.2. The van der Waals surface area contributed by atoms with Gasteiger partial charge in [-0.1, -0.05) is 105 Å².